The highest BCUT2D eigenvalue weighted by molar-refractivity contribution is 14.0. The van der Waals surface area contributed by atoms with Crippen molar-refractivity contribution in [2.24, 2.45) is 10.9 Å². The van der Waals surface area contributed by atoms with E-state index in [1.807, 2.05) is 0 Å². The minimum atomic E-state index is 0. The number of hydrogen-bond donors (Lipinski definition) is 2. The summed E-state index contributed by atoms with van der Waals surface area (Å²) < 4.78 is 0. The molecule has 2 fully saturated rings. The molecule has 142 valence electrons. The molecule has 0 amide bonds. The standard InChI is InChI=1S/C18H37N5.HI/c1-4-19-18(21-17-8-6-16(3)7-9-17)20-10-11-23-14-12-22(5-2)13-15-23;/h16-17H,4-15H2,1-3H3,(H2,19,20,21);1H. The van der Waals surface area contributed by atoms with Crippen LogP contribution in [0.1, 0.15) is 46.5 Å². The fraction of sp³-hybridized carbons (Fsp3) is 0.944. The molecule has 2 rings (SSSR count). The van der Waals surface area contributed by atoms with Gasteiger partial charge in [0, 0.05) is 45.3 Å². The van der Waals surface area contributed by atoms with Crippen molar-refractivity contribution in [3.63, 3.8) is 0 Å². The molecule has 24 heavy (non-hydrogen) atoms. The fourth-order valence-electron chi connectivity index (χ4n) is 3.55. The number of nitrogens with one attached hydrogen (secondary N) is 2. The highest BCUT2D eigenvalue weighted by Crippen LogP contribution is 2.23. The largest absolute Gasteiger partial charge is 0.357 e. The van der Waals surface area contributed by atoms with E-state index in [2.05, 4.69) is 41.2 Å². The van der Waals surface area contributed by atoms with Crippen LogP contribution in [-0.4, -0.2) is 74.2 Å². The molecule has 0 aromatic carbocycles. The molecule has 0 aromatic heterocycles. The van der Waals surface area contributed by atoms with Crippen molar-refractivity contribution in [1.82, 2.24) is 20.4 Å². The number of piperazine rings is 1. The van der Waals surface area contributed by atoms with Gasteiger partial charge in [-0.25, -0.2) is 0 Å². The Kier molecular flexibility index (Phi) is 11.3. The lowest BCUT2D eigenvalue weighted by atomic mass is 9.87. The van der Waals surface area contributed by atoms with Crippen LogP contribution in [0.2, 0.25) is 0 Å². The lowest BCUT2D eigenvalue weighted by molar-refractivity contribution is 0.140. The van der Waals surface area contributed by atoms with Gasteiger partial charge in [-0.05, 0) is 45.1 Å². The average Bonchev–Trinajstić information content (AvgIpc) is 2.58. The van der Waals surface area contributed by atoms with Gasteiger partial charge < -0.3 is 15.5 Å². The van der Waals surface area contributed by atoms with Crippen molar-refractivity contribution >= 4 is 29.9 Å². The molecule has 0 spiro atoms. The first kappa shape index (κ1) is 22.0. The van der Waals surface area contributed by atoms with Crippen LogP contribution in [0.5, 0.6) is 0 Å². The molecule has 2 N–H and O–H groups in total. The van der Waals surface area contributed by atoms with Gasteiger partial charge >= 0.3 is 0 Å². The summed E-state index contributed by atoms with van der Waals surface area (Å²) in [4.78, 5) is 9.87. The molecule has 0 radical (unpaired) electrons. The van der Waals surface area contributed by atoms with E-state index in [0.29, 0.717) is 6.04 Å². The highest BCUT2D eigenvalue weighted by Gasteiger charge is 2.19. The number of halogens is 1. The van der Waals surface area contributed by atoms with Crippen molar-refractivity contribution < 1.29 is 0 Å². The quantitative estimate of drug-likeness (QED) is 0.370. The first-order valence-corrected chi connectivity index (χ1v) is 9.70. The molecule has 1 saturated heterocycles. The van der Waals surface area contributed by atoms with Crippen molar-refractivity contribution in [1.29, 1.82) is 0 Å². The SMILES string of the molecule is CCNC(=NCCN1CCN(CC)CC1)NC1CCC(C)CC1.I. The van der Waals surface area contributed by atoms with Crippen molar-refractivity contribution in [3.05, 3.63) is 0 Å². The Balaban J connectivity index is 0.00000288. The maximum absolute atomic E-state index is 4.80. The average molecular weight is 451 g/mol. The summed E-state index contributed by atoms with van der Waals surface area (Å²) in [5.74, 6) is 1.91. The van der Waals surface area contributed by atoms with Crippen LogP contribution in [0.15, 0.2) is 4.99 Å². The Labute approximate surface area is 166 Å². The van der Waals surface area contributed by atoms with Gasteiger partial charge in [-0.3, -0.25) is 9.89 Å². The second-order valence-electron chi connectivity index (χ2n) is 7.14. The van der Waals surface area contributed by atoms with Crippen LogP contribution < -0.4 is 10.6 Å². The Morgan fingerprint density at radius 1 is 1.00 bits per heavy atom. The summed E-state index contributed by atoms with van der Waals surface area (Å²) in [6.07, 6.45) is 5.26. The third-order valence-electron chi connectivity index (χ3n) is 5.30. The van der Waals surface area contributed by atoms with E-state index in [0.717, 1.165) is 31.5 Å². The summed E-state index contributed by atoms with van der Waals surface area (Å²) in [5.41, 5.74) is 0. The number of nitrogens with zero attached hydrogens (tertiary/aromatic N) is 3. The van der Waals surface area contributed by atoms with E-state index in [9.17, 15) is 0 Å². The Hall–Kier alpha value is -0.0800. The summed E-state index contributed by atoms with van der Waals surface area (Å²) in [5, 5.41) is 7.05. The van der Waals surface area contributed by atoms with Crippen molar-refractivity contribution in [3.8, 4) is 0 Å². The van der Waals surface area contributed by atoms with E-state index in [1.54, 1.807) is 0 Å². The van der Waals surface area contributed by atoms with Gasteiger partial charge in [0.1, 0.15) is 0 Å². The number of aliphatic imine (C=N–C) groups is 1. The zero-order valence-electron chi connectivity index (χ0n) is 15.9. The molecular weight excluding hydrogens is 413 g/mol. The van der Waals surface area contributed by atoms with E-state index >= 15 is 0 Å². The normalized spacial score (nSPS) is 26.7. The molecule has 0 bridgehead atoms. The topological polar surface area (TPSA) is 42.9 Å². The molecule has 2 aliphatic rings. The minimum Gasteiger partial charge on any atom is -0.357 e. The maximum Gasteiger partial charge on any atom is 0.191 e. The van der Waals surface area contributed by atoms with Gasteiger partial charge in [0.05, 0.1) is 6.54 Å². The predicted molar refractivity (Wildman–Crippen MR) is 115 cm³/mol. The lowest BCUT2D eigenvalue weighted by Crippen LogP contribution is -2.47. The summed E-state index contributed by atoms with van der Waals surface area (Å²) in [7, 11) is 0. The van der Waals surface area contributed by atoms with Crippen LogP contribution in [-0.2, 0) is 0 Å². The van der Waals surface area contributed by atoms with Gasteiger partial charge in [0.15, 0.2) is 5.96 Å². The zero-order valence-corrected chi connectivity index (χ0v) is 18.2. The van der Waals surface area contributed by atoms with Crippen LogP contribution in [0.3, 0.4) is 0 Å². The summed E-state index contributed by atoms with van der Waals surface area (Å²) in [6.45, 7) is 15.6. The van der Waals surface area contributed by atoms with E-state index in [4.69, 9.17) is 4.99 Å². The Bertz CT molecular complexity index is 347. The molecule has 1 aliphatic carbocycles. The molecule has 0 atom stereocenters. The molecule has 0 unspecified atom stereocenters. The first-order chi connectivity index (χ1) is 11.2. The second-order valence-corrected chi connectivity index (χ2v) is 7.14. The maximum atomic E-state index is 4.80. The zero-order chi connectivity index (χ0) is 16.5. The summed E-state index contributed by atoms with van der Waals surface area (Å²) in [6, 6.07) is 0.608. The van der Waals surface area contributed by atoms with Gasteiger partial charge in [-0.15, -0.1) is 24.0 Å². The number of guanidine groups is 1. The number of hydrogen-bond acceptors (Lipinski definition) is 3. The first-order valence-electron chi connectivity index (χ1n) is 9.70. The summed E-state index contributed by atoms with van der Waals surface area (Å²) >= 11 is 0. The van der Waals surface area contributed by atoms with Crippen molar-refractivity contribution in [2.75, 3.05) is 52.4 Å². The van der Waals surface area contributed by atoms with E-state index in [1.165, 1.54) is 58.4 Å². The van der Waals surface area contributed by atoms with E-state index in [-0.39, 0.29) is 24.0 Å². The Morgan fingerprint density at radius 2 is 1.62 bits per heavy atom. The van der Waals surface area contributed by atoms with Crippen molar-refractivity contribution in [2.45, 2.75) is 52.5 Å². The van der Waals surface area contributed by atoms with Gasteiger partial charge in [0.25, 0.3) is 0 Å². The van der Waals surface area contributed by atoms with E-state index < -0.39 is 0 Å². The van der Waals surface area contributed by atoms with Crippen LogP contribution in [0.4, 0.5) is 0 Å². The van der Waals surface area contributed by atoms with Gasteiger partial charge in [-0.2, -0.15) is 0 Å². The molecule has 6 heteroatoms. The fourth-order valence-corrected chi connectivity index (χ4v) is 3.55. The third kappa shape index (κ3) is 7.87. The molecular formula is C18H38IN5. The number of rotatable bonds is 6. The van der Waals surface area contributed by atoms with Gasteiger partial charge in [-0.1, -0.05) is 13.8 Å². The Morgan fingerprint density at radius 3 is 2.21 bits per heavy atom. The van der Waals surface area contributed by atoms with Crippen LogP contribution in [0.25, 0.3) is 0 Å². The molecule has 5 nitrogen and oxygen atoms in total. The molecule has 1 aliphatic heterocycles. The smallest absolute Gasteiger partial charge is 0.191 e. The lowest BCUT2D eigenvalue weighted by Gasteiger charge is -2.33. The van der Waals surface area contributed by atoms with Crippen LogP contribution >= 0.6 is 24.0 Å². The highest BCUT2D eigenvalue weighted by atomic mass is 127. The van der Waals surface area contributed by atoms with Gasteiger partial charge in [0.2, 0.25) is 0 Å². The minimum absolute atomic E-state index is 0. The second kappa shape index (κ2) is 12.3. The molecule has 1 heterocycles. The molecule has 0 aromatic rings. The monoisotopic (exact) mass is 451 g/mol. The third-order valence-corrected chi connectivity index (χ3v) is 5.30. The molecule has 1 saturated carbocycles. The number of likely N-dealkylation sites (N-methyl/N-ethyl adjacent to an activating group) is 1. The predicted octanol–water partition coefficient (Wildman–Crippen LogP) is 2.38. The van der Waals surface area contributed by atoms with Crippen LogP contribution in [0, 0.1) is 5.92 Å².